The Morgan fingerprint density at radius 3 is 2.62 bits per heavy atom. The number of rotatable bonds is 5. The normalized spacial score (nSPS) is 10.8. The van der Waals surface area contributed by atoms with E-state index in [2.05, 4.69) is 13.8 Å². The molecule has 0 aliphatic rings. The summed E-state index contributed by atoms with van der Waals surface area (Å²) >= 11 is 1.79. The van der Waals surface area contributed by atoms with Crippen LogP contribution < -0.4 is 5.73 Å². The number of hydrogen-bond donors (Lipinski definition) is 1. The molecule has 0 heterocycles. The average molecular weight is 237 g/mol. The molecule has 0 aromatic heterocycles. The van der Waals surface area contributed by atoms with Gasteiger partial charge >= 0.3 is 0 Å². The lowest BCUT2D eigenvalue weighted by atomic mass is 10.1. The molecule has 0 spiro atoms. The summed E-state index contributed by atoms with van der Waals surface area (Å²) < 4.78 is 0. The lowest BCUT2D eigenvalue weighted by molar-refractivity contribution is 0.101. The van der Waals surface area contributed by atoms with Crippen LogP contribution in [0.25, 0.3) is 0 Å². The molecule has 0 amide bonds. The third-order valence-electron chi connectivity index (χ3n) is 2.37. The van der Waals surface area contributed by atoms with Crippen molar-refractivity contribution in [2.75, 3.05) is 11.5 Å². The summed E-state index contributed by atoms with van der Waals surface area (Å²) in [6.45, 7) is 5.97. The van der Waals surface area contributed by atoms with Crippen molar-refractivity contribution in [2.24, 2.45) is 5.92 Å². The summed E-state index contributed by atoms with van der Waals surface area (Å²) in [5.74, 6) is 1.84. The fourth-order valence-corrected chi connectivity index (χ4v) is 2.56. The second-order valence-electron chi connectivity index (χ2n) is 4.34. The molecule has 0 saturated heterocycles. The van der Waals surface area contributed by atoms with Crippen LogP contribution in [-0.2, 0) is 0 Å². The summed E-state index contributed by atoms with van der Waals surface area (Å²) in [6, 6.07) is 5.68. The Bertz CT molecular complexity index is 374. The van der Waals surface area contributed by atoms with Crippen LogP contribution in [-0.4, -0.2) is 11.5 Å². The first-order valence-electron chi connectivity index (χ1n) is 5.54. The van der Waals surface area contributed by atoms with Gasteiger partial charge in [-0.2, -0.15) is 0 Å². The van der Waals surface area contributed by atoms with Crippen LogP contribution in [0.3, 0.4) is 0 Å². The first kappa shape index (κ1) is 13.1. The van der Waals surface area contributed by atoms with Crippen LogP contribution in [0.5, 0.6) is 0 Å². The number of benzene rings is 1. The molecule has 1 aromatic carbocycles. The minimum Gasteiger partial charge on any atom is -0.398 e. The van der Waals surface area contributed by atoms with E-state index < -0.39 is 0 Å². The lowest BCUT2D eigenvalue weighted by Crippen LogP contribution is -1.99. The number of carbonyl (C=O) groups excluding carboxylic acids is 1. The number of Topliss-reactive ketones (excluding diaryl/α,β-unsaturated/α-hetero) is 1. The first-order chi connectivity index (χ1) is 7.50. The van der Waals surface area contributed by atoms with Crippen molar-refractivity contribution in [2.45, 2.75) is 32.1 Å². The Balaban J connectivity index is 2.63. The van der Waals surface area contributed by atoms with Crippen LogP contribution in [0.2, 0.25) is 0 Å². The molecule has 1 aromatic rings. The van der Waals surface area contributed by atoms with Crippen LogP contribution >= 0.6 is 11.8 Å². The molecule has 0 atom stereocenters. The fraction of sp³-hybridized carbons (Fsp3) is 0.462. The van der Waals surface area contributed by atoms with Gasteiger partial charge in [-0.1, -0.05) is 13.8 Å². The van der Waals surface area contributed by atoms with E-state index in [1.165, 1.54) is 13.3 Å². The predicted molar refractivity (Wildman–Crippen MR) is 71.0 cm³/mol. The van der Waals surface area contributed by atoms with Crippen molar-refractivity contribution >= 4 is 23.2 Å². The van der Waals surface area contributed by atoms with Crippen molar-refractivity contribution in [1.82, 2.24) is 0 Å². The third-order valence-corrected chi connectivity index (χ3v) is 3.39. The van der Waals surface area contributed by atoms with Gasteiger partial charge in [-0.25, -0.2) is 0 Å². The zero-order valence-electron chi connectivity index (χ0n) is 10.1. The molecule has 0 bridgehead atoms. The van der Waals surface area contributed by atoms with Crippen LogP contribution in [0.15, 0.2) is 23.1 Å². The Morgan fingerprint density at radius 2 is 2.12 bits per heavy atom. The molecule has 0 radical (unpaired) electrons. The molecule has 3 heteroatoms. The fourth-order valence-electron chi connectivity index (χ4n) is 1.36. The first-order valence-corrected chi connectivity index (χ1v) is 6.52. The second kappa shape index (κ2) is 5.94. The van der Waals surface area contributed by atoms with Crippen molar-refractivity contribution in [3.63, 3.8) is 0 Å². The van der Waals surface area contributed by atoms with E-state index in [1.807, 2.05) is 18.2 Å². The summed E-state index contributed by atoms with van der Waals surface area (Å²) in [7, 11) is 0. The zero-order valence-corrected chi connectivity index (χ0v) is 10.9. The number of ketones is 1. The zero-order chi connectivity index (χ0) is 12.1. The molecule has 2 nitrogen and oxygen atoms in total. The lowest BCUT2D eigenvalue weighted by Gasteiger charge is -2.07. The smallest absolute Gasteiger partial charge is 0.161 e. The maximum atomic E-state index is 11.2. The number of nitrogens with two attached hydrogens (primary N) is 1. The predicted octanol–water partition coefficient (Wildman–Crippen LogP) is 3.61. The topological polar surface area (TPSA) is 43.1 Å². The number of hydrogen-bond acceptors (Lipinski definition) is 3. The highest BCUT2D eigenvalue weighted by molar-refractivity contribution is 7.99. The van der Waals surface area contributed by atoms with Gasteiger partial charge in [-0.15, -0.1) is 11.8 Å². The SMILES string of the molecule is CC(=O)c1ccc(SCCC(C)C)cc1N. The largest absolute Gasteiger partial charge is 0.398 e. The standard InChI is InChI=1S/C13H19NOS/c1-9(2)6-7-16-11-4-5-12(10(3)15)13(14)8-11/h4-5,8-9H,6-7,14H2,1-3H3. The van der Waals surface area contributed by atoms with Crippen molar-refractivity contribution in [1.29, 1.82) is 0 Å². The Hall–Kier alpha value is -0.960. The molecule has 2 N–H and O–H groups in total. The van der Waals surface area contributed by atoms with E-state index in [4.69, 9.17) is 5.73 Å². The van der Waals surface area contributed by atoms with Gasteiger partial charge in [0.2, 0.25) is 0 Å². The summed E-state index contributed by atoms with van der Waals surface area (Å²) in [4.78, 5) is 12.3. The molecule has 0 saturated carbocycles. The number of carbonyl (C=O) groups is 1. The highest BCUT2D eigenvalue weighted by atomic mass is 32.2. The molecular formula is C13H19NOS. The summed E-state index contributed by atoms with van der Waals surface area (Å²) in [5.41, 5.74) is 7.02. The van der Waals surface area contributed by atoms with Gasteiger partial charge in [-0.05, 0) is 43.2 Å². The monoisotopic (exact) mass is 237 g/mol. The van der Waals surface area contributed by atoms with Crippen molar-refractivity contribution < 1.29 is 4.79 Å². The Labute approximate surface area is 102 Å². The van der Waals surface area contributed by atoms with Crippen molar-refractivity contribution in [3.8, 4) is 0 Å². The molecule has 16 heavy (non-hydrogen) atoms. The Morgan fingerprint density at radius 1 is 1.44 bits per heavy atom. The van der Waals surface area contributed by atoms with E-state index in [0.717, 1.165) is 16.6 Å². The minimum absolute atomic E-state index is 0.0243. The average Bonchev–Trinajstić information content (AvgIpc) is 2.16. The van der Waals surface area contributed by atoms with E-state index in [0.29, 0.717) is 11.3 Å². The third kappa shape index (κ3) is 3.89. The van der Waals surface area contributed by atoms with E-state index in [9.17, 15) is 4.79 Å². The van der Waals surface area contributed by atoms with Gasteiger partial charge in [-0.3, -0.25) is 4.79 Å². The maximum absolute atomic E-state index is 11.2. The van der Waals surface area contributed by atoms with Gasteiger partial charge in [0.15, 0.2) is 5.78 Å². The molecule has 1 rings (SSSR count). The molecule has 0 fully saturated rings. The van der Waals surface area contributed by atoms with E-state index >= 15 is 0 Å². The quantitative estimate of drug-likeness (QED) is 0.483. The second-order valence-corrected chi connectivity index (χ2v) is 5.50. The molecule has 0 aliphatic carbocycles. The van der Waals surface area contributed by atoms with Crippen LogP contribution in [0.1, 0.15) is 37.6 Å². The Kier molecular flexibility index (Phi) is 4.87. The van der Waals surface area contributed by atoms with Crippen LogP contribution in [0, 0.1) is 5.92 Å². The van der Waals surface area contributed by atoms with Gasteiger partial charge in [0.1, 0.15) is 0 Å². The molecule has 0 unspecified atom stereocenters. The highest BCUT2D eigenvalue weighted by Gasteiger charge is 2.05. The number of anilines is 1. The molecule has 0 aliphatic heterocycles. The van der Waals surface area contributed by atoms with E-state index in [1.54, 1.807) is 11.8 Å². The highest BCUT2D eigenvalue weighted by Crippen LogP contribution is 2.24. The van der Waals surface area contributed by atoms with Gasteiger partial charge < -0.3 is 5.73 Å². The summed E-state index contributed by atoms with van der Waals surface area (Å²) in [5, 5.41) is 0. The molecule has 88 valence electrons. The number of nitrogen functional groups attached to an aromatic ring is 1. The summed E-state index contributed by atoms with van der Waals surface area (Å²) in [6.07, 6.45) is 1.19. The van der Waals surface area contributed by atoms with E-state index in [-0.39, 0.29) is 5.78 Å². The molecular weight excluding hydrogens is 218 g/mol. The minimum atomic E-state index is 0.0243. The van der Waals surface area contributed by atoms with Gasteiger partial charge in [0.25, 0.3) is 0 Å². The van der Waals surface area contributed by atoms with Gasteiger partial charge in [0, 0.05) is 16.1 Å². The van der Waals surface area contributed by atoms with Gasteiger partial charge in [0.05, 0.1) is 0 Å². The van der Waals surface area contributed by atoms with Crippen LogP contribution in [0.4, 0.5) is 5.69 Å². The maximum Gasteiger partial charge on any atom is 0.161 e. The van der Waals surface area contributed by atoms with Crippen molar-refractivity contribution in [3.05, 3.63) is 23.8 Å². The number of thioether (sulfide) groups is 1.